The van der Waals surface area contributed by atoms with Crippen LogP contribution in [0.3, 0.4) is 0 Å². The van der Waals surface area contributed by atoms with Gasteiger partial charge in [-0.15, -0.1) is 0 Å². The van der Waals surface area contributed by atoms with Crippen LogP contribution >= 0.6 is 11.6 Å². The van der Waals surface area contributed by atoms with Crippen LogP contribution in [0.4, 0.5) is 0 Å². The monoisotopic (exact) mass is 440 g/mol. The van der Waals surface area contributed by atoms with E-state index in [0.717, 1.165) is 0 Å². The molecule has 0 saturated heterocycles. The molecule has 0 aliphatic heterocycles. The number of rotatable bonds is 5. The van der Waals surface area contributed by atoms with Crippen LogP contribution < -0.4 is 9.29 Å². The van der Waals surface area contributed by atoms with Gasteiger partial charge in [-0.05, 0) is 24.3 Å². The highest BCUT2D eigenvalue weighted by atomic mass is 35.5. The molecule has 150 valence electrons. The van der Waals surface area contributed by atoms with E-state index >= 15 is 0 Å². The quantitative estimate of drug-likeness (QED) is 0.618. The molecule has 7 nitrogen and oxygen atoms in total. The molecule has 30 heavy (non-hydrogen) atoms. The van der Waals surface area contributed by atoms with Crippen molar-refractivity contribution in [3.63, 3.8) is 0 Å². The van der Waals surface area contributed by atoms with E-state index < -0.39 is 21.6 Å². The predicted octanol–water partition coefficient (Wildman–Crippen LogP) is 2.76. The third-order valence-corrected chi connectivity index (χ3v) is 6.20. The molecule has 0 atom stereocenters. The van der Waals surface area contributed by atoms with Crippen molar-refractivity contribution in [3.05, 3.63) is 95.7 Å². The Morgan fingerprint density at radius 3 is 2.23 bits per heavy atom. The van der Waals surface area contributed by atoms with Crippen molar-refractivity contribution in [3.8, 4) is 0 Å². The van der Waals surface area contributed by atoms with Crippen molar-refractivity contribution in [1.29, 1.82) is 0 Å². The minimum Gasteiger partial charge on any atom is -0.287 e. The molecule has 1 heterocycles. The topological polar surface area (TPSA) is 89.1 Å². The molecule has 0 amide bonds. The summed E-state index contributed by atoms with van der Waals surface area (Å²) in [7, 11) is -4.16. The molecule has 0 fully saturated rings. The van der Waals surface area contributed by atoms with Crippen LogP contribution in [-0.2, 0) is 10.0 Å². The minimum atomic E-state index is -4.16. The van der Waals surface area contributed by atoms with E-state index in [-0.39, 0.29) is 27.4 Å². The fourth-order valence-corrected chi connectivity index (χ4v) is 4.32. The summed E-state index contributed by atoms with van der Waals surface area (Å²) < 4.78 is 31.1. The Morgan fingerprint density at radius 2 is 1.63 bits per heavy atom. The maximum atomic E-state index is 13.2. The van der Waals surface area contributed by atoms with Crippen LogP contribution in [0.15, 0.2) is 84.4 Å². The van der Waals surface area contributed by atoms with Crippen molar-refractivity contribution in [2.45, 2.75) is 4.90 Å². The van der Waals surface area contributed by atoms with Gasteiger partial charge in [0.2, 0.25) is 17.3 Å². The SMILES string of the molecule is C=C[n+]1ccn(C2=C(NS(=O)(=O)c3ccc(Cl)cc3)C(=O)c3ccccc3C2=O)c1. The number of allylic oxidation sites excluding steroid dienone is 2. The largest absolute Gasteiger partial charge is 0.287 e. The number of sulfonamides is 1. The van der Waals surface area contributed by atoms with Gasteiger partial charge < -0.3 is 0 Å². The molecule has 3 aromatic rings. The average Bonchev–Trinajstić information content (AvgIpc) is 3.21. The number of nitrogens with one attached hydrogen (secondary N) is 1. The van der Waals surface area contributed by atoms with Crippen molar-refractivity contribution in [2.75, 3.05) is 0 Å². The molecule has 4 rings (SSSR count). The van der Waals surface area contributed by atoms with Gasteiger partial charge in [0, 0.05) is 16.1 Å². The number of hydrogen-bond donors (Lipinski definition) is 1. The Balaban J connectivity index is 1.90. The number of benzene rings is 2. The highest BCUT2D eigenvalue weighted by Gasteiger charge is 2.38. The van der Waals surface area contributed by atoms with Gasteiger partial charge in [-0.3, -0.25) is 14.3 Å². The summed E-state index contributed by atoms with van der Waals surface area (Å²) in [5, 5.41) is 0.369. The highest BCUT2D eigenvalue weighted by Crippen LogP contribution is 2.29. The zero-order valence-electron chi connectivity index (χ0n) is 15.4. The van der Waals surface area contributed by atoms with Gasteiger partial charge in [0.05, 0.1) is 11.1 Å². The van der Waals surface area contributed by atoms with Crippen molar-refractivity contribution in [2.24, 2.45) is 0 Å². The van der Waals surface area contributed by atoms with Gasteiger partial charge in [-0.2, -0.15) is 4.57 Å². The average molecular weight is 441 g/mol. The Labute approximate surface area is 177 Å². The Bertz CT molecular complexity index is 1340. The standard InChI is InChI=1S/C21H14ClN3O4S/c1-2-24-11-12-25(13-24)19-18(20(26)16-5-3-4-6-17(16)21(19)27)23-30(28,29)15-9-7-14(22)8-10-15/h2-13H,1H2/p+1. The van der Waals surface area contributed by atoms with E-state index in [0.29, 0.717) is 5.02 Å². The second kappa shape index (κ2) is 7.40. The highest BCUT2D eigenvalue weighted by molar-refractivity contribution is 7.89. The van der Waals surface area contributed by atoms with Gasteiger partial charge in [0.15, 0.2) is 0 Å². The van der Waals surface area contributed by atoms with Gasteiger partial charge in [-0.1, -0.05) is 42.4 Å². The van der Waals surface area contributed by atoms with Crippen LogP contribution in [0.2, 0.25) is 5.02 Å². The third-order valence-electron chi connectivity index (χ3n) is 4.58. The lowest BCUT2D eigenvalue weighted by Gasteiger charge is -2.19. The van der Waals surface area contributed by atoms with Crippen LogP contribution in [0.1, 0.15) is 20.7 Å². The zero-order valence-corrected chi connectivity index (χ0v) is 17.0. The van der Waals surface area contributed by atoms with E-state index in [4.69, 9.17) is 11.6 Å². The van der Waals surface area contributed by atoms with Crippen molar-refractivity contribution in [1.82, 2.24) is 9.29 Å². The fourth-order valence-electron chi connectivity index (χ4n) is 3.12. The van der Waals surface area contributed by atoms with E-state index in [1.807, 2.05) is 0 Å². The molecule has 1 aromatic heterocycles. The van der Waals surface area contributed by atoms with Gasteiger partial charge in [0.1, 0.15) is 18.1 Å². The Hall–Kier alpha value is -3.49. The van der Waals surface area contributed by atoms with E-state index in [9.17, 15) is 18.0 Å². The van der Waals surface area contributed by atoms with Crippen LogP contribution in [-0.4, -0.2) is 24.6 Å². The zero-order chi connectivity index (χ0) is 21.5. The smallest absolute Gasteiger partial charge is 0.262 e. The number of Topliss-reactive ketones (excluding diaryl/α,β-unsaturated/α-hetero) is 2. The van der Waals surface area contributed by atoms with Crippen LogP contribution in [0, 0.1) is 0 Å². The first-order chi connectivity index (χ1) is 14.3. The fraction of sp³-hybridized carbons (Fsp3) is 0. The summed E-state index contributed by atoms with van der Waals surface area (Å²) in [5.74, 6) is -1.08. The summed E-state index contributed by atoms with van der Waals surface area (Å²) in [6, 6.07) is 11.8. The number of imidazole rings is 1. The molecule has 9 heteroatoms. The first-order valence-electron chi connectivity index (χ1n) is 8.74. The number of halogens is 1. The lowest BCUT2D eigenvalue weighted by atomic mass is 9.90. The molecule has 0 radical (unpaired) electrons. The summed E-state index contributed by atoms with van der Waals surface area (Å²) in [6.45, 7) is 3.64. The molecule has 0 saturated carbocycles. The number of hydrogen-bond acceptors (Lipinski definition) is 4. The van der Waals surface area contributed by atoms with Crippen LogP contribution in [0.25, 0.3) is 11.9 Å². The number of carbonyl (C=O) groups excluding carboxylic acids is 2. The first-order valence-corrected chi connectivity index (χ1v) is 10.6. The second-order valence-electron chi connectivity index (χ2n) is 6.44. The van der Waals surface area contributed by atoms with Gasteiger partial charge in [-0.25, -0.2) is 13.0 Å². The second-order valence-corrected chi connectivity index (χ2v) is 8.56. The van der Waals surface area contributed by atoms with Gasteiger partial charge in [0.25, 0.3) is 16.4 Å². The Kier molecular flexibility index (Phi) is 4.89. The molecule has 0 unspecified atom stereocenters. The molecule has 0 spiro atoms. The van der Waals surface area contributed by atoms with Crippen molar-refractivity contribution < 1.29 is 22.6 Å². The molecular formula is C21H15ClN3O4S+. The normalized spacial score (nSPS) is 13.9. The maximum absolute atomic E-state index is 13.2. The molecular weight excluding hydrogens is 426 g/mol. The summed E-state index contributed by atoms with van der Waals surface area (Å²) in [5.41, 5.74) is -0.105. The van der Waals surface area contributed by atoms with Gasteiger partial charge >= 0.3 is 0 Å². The predicted molar refractivity (Wildman–Crippen MR) is 111 cm³/mol. The van der Waals surface area contributed by atoms with E-state index in [1.165, 1.54) is 59.7 Å². The number of nitrogens with zero attached hydrogens (tertiary/aromatic N) is 2. The van der Waals surface area contributed by atoms with E-state index in [1.54, 1.807) is 22.9 Å². The maximum Gasteiger partial charge on any atom is 0.262 e. The molecule has 1 aliphatic carbocycles. The lowest BCUT2D eigenvalue weighted by Crippen LogP contribution is -2.35. The summed E-state index contributed by atoms with van der Waals surface area (Å²) in [4.78, 5) is 26.3. The number of aromatic nitrogens is 2. The number of carbonyl (C=O) groups is 2. The number of ketones is 2. The lowest BCUT2D eigenvalue weighted by molar-refractivity contribution is -0.566. The number of fused-ring (bicyclic) bond motifs is 1. The van der Waals surface area contributed by atoms with Crippen molar-refractivity contribution >= 4 is 45.1 Å². The molecule has 1 N–H and O–H groups in total. The third kappa shape index (κ3) is 3.36. The molecule has 2 aromatic carbocycles. The Morgan fingerprint density at radius 1 is 1.00 bits per heavy atom. The minimum absolute atomic E-state index is 0.0912. The first kappa shape index (κ1) is 19.8. The van der Waals surface area contributed by atoms with Crippen LogP contribution in [0.5, 0.6) is 0 Å². The van der Waals surface area contributed by atoms with E-state index in [2.05, 4.69) is 11.3 Å². The summed E-state index contributed by atoms with van der Waals surface area (Å²) >= 11 is 5.83. The summed E-state index contributed by atoms with van der Waals surface area (Å²) in [6.07, 6.45) is 6.16. The molecule has 1 aliphatic rings. The molecule has 0 bridgehead atoms.